The van der Waals surface area contributed by atoms with Crippen molar-refractivity contribution in [3.8, 4) is 0 Å². The van der Waals surface area contributed by atoms with E-state index < -0.39 is 15.9 Å². The average molecular weight is 368 g/mol. The van der Waals surface area contributed by atoms with Crippen molar-refractivity contribution in [3.05, 3.63) is 72.3 Å². The molecule has 0 saturated carbocycles. The van der Waals surface area contributed by atoms with Crippen LogP contribution in [0, 0.1) is 0 Å². The number of para-hydroxylation sites is 1. The van der Waals surface area contributed by atoms with Crippen LogP contribution < -0.4 is 10.0 Å². The predicted octanol–water partition coefficient (Wildman–Crippen LogP) is 3.32. The van der Waals surface area contributed by atoms with Gasteiger partial charge in [-0.05, 0) is 41.0 Å². The van der Waals surface area contributed by atoms with Gasteiger partial charge in [-0.2, -0.15) is 0 Å². The lowest BCUT2D eigenvalue weighted by atomic mass is 10.1. The number of sulfonamides is 1. The molecular weight excluding hydrogens is 348 g/mol. The summed E-state index contributed by atoms with van der Waals surface area (Å²) in [6.45, 7) is 1.67. The van der Waals surface area contributed by atoms with Gasteiger partial charge < -0.3 is 5.32 Å². The van der Waals surface area contributed by atoms with Crippen molar-refractivity contribution >= 4 is 32.4 Å². The van der Waals surface area contributed by atoms with Crippen LogP contribution in [0.2, 0.25) is 0 Å². The Hall–Kier alpha value is -2.70. The molecule has 0 aliphatic rings. The van der Waals surface area contributed by atoms with Crippen LogP contribution in [0.25, 0.3) is 10.8 Å². The molecule has 0 atom stereocenters. The molecule has 3 rings (SSSR count). The molecule has 0 aliphatic carbocycles. The summed E-state index contributed by atoms with van der Waals surface area (Å²) in [7, 11) is -3.77. The second kappa shape index (κ2) is 7.68. The molecule has 0 heterocycles. The smallest absolute Gasteiger partial charge is 0.241 e. The minimum absolute atomic E-state index is 0.137. The zero-order valence-electron chi connectivity index (χ0n) is 14.4. The first-order valence-electron chi connectivity index (χ1n) is 8.36. The maximum absolute atomic E-state index is 12.5. The van der Waals surface area contributed by atoms with Crippen molar-refractivity contribution in [2.75, 3.05) is 11.9 Å². The number of aryl methyl sites for hydroxylation is 1. The summed E-state index contributed by atoms with van der Waals surface area (Å²) < 4.78 is 27.3. The third kappa shape index (κ3) is 4.09. The largest absolute Gasteiger partial charge is 0.325 e. The van der Waals surface area contributed by atoms with Crippen LogP contribution in [0.15, 0.2) is 71.6 Å². The Labute approximate surface area is 153 Å². The van der Waals surface area contributed by atoms with Gasteiger partial charge in [0, 0.05) is 5.69 Å². The Balaban J connectivity index is 1.70. The Bertz CT molecular complexity index is 1050. The van der Waals surface area contributed by atoms with Crippen molar-refractivity contribution in [1.29, 1.82) is 0 Å². The summed E-state index contributed by atoms with van der Waals surface area (Å²) in [4.78, 5) is 12.3. The molecule has 6 heteroatoms. The highest BCUT2D eigenvalue weighted by Gasteiger charge is 2.16. The molecule has 26 heavy (non-hydrogen) atoms. The quantitative estimate of drug-likeness (QED) is 0.701. The number of hydrogen-bond acceptors (Lipinski definition) is 3. The Morgan fingerprint density at radius 1 is 0.923 bits per heavy atom. The molecule has 5 nitrogen and oxygen atoms in total. The number of rotatable bonds is 6. The van der Waals surface area contributed by atoms with Crippen LogP contribution in [0.5, 0.6) is 0 Å². The molecule has 3 aromatic rings. The van der Waals surface area contributed by atoms with E-state index >= 15 is 0 Å². The van der Waals surface area contributed by atoms with Crippen molar-refractivity contribution in [3.63, 3.8) is 0 Å². The van der Waals surface area contributed by atoms with E-state index in [2.05, 4.69) is 10.0 Å². The highest BCUT2D eigenvalue weighted by Crippen LogP contribution is 2.19. The van der Waals surface area contributed by atoms with E-state index in [-0.39, 0.29) is 11.4 Å². The molecule has 0 aliphatic heterocycles. The number of hydrogen-bond donors (Lipinski definition) is 2. The molecule has 2 N–H and O–H groups in total. The number of amides is 1. The van der Waals surface area contributed by atoms with E-state index in [1.807, 2.05) is 49.4 Å². The monoisotopic (exact) mass is 368 g/mol. The SMILES string of the molecule is CCc1ccccc1NC(=O)CNS(=O)(=O)c1ccc2ccccc2c1. The van der Waals surface area contributed by atoms with Crippen LogP contribution in [-0.4, -0.2) is 20.9 Å². The van der Waals surface area contributed by atoms with Gasteiger partial charge in [-0.25, -0.2) is 13.1 Å². The van der Waals surface area contributed by atoms with E-state index in [1.54, 1.807) is 18.2 Å². The van der Waals surface area contributed by atoms with Crippen molar-refractivity contribution in [2.24, 2.45) is 0 Å². The third-order valence-electron chi connectivity index (χ3n) is 4.13. The molecule has 1 amide bonds. The topological polar surface area (TPSA) is 75.3 Å². The average Bonchev–Trinajstić information content (AvgIpc) is 2.66. The summed E-state index contributed by atoms with van der Waals surface area (Å²) in [5.74, 6) is -0.407. The highest BCUT2D eigenvalue weighted by atomic mass is 32.2. The highest BCUT2D eigenvalue weighted by molar-refractivity contribution is 7.89. The molecule has 0 unspecified atom stereocenters. The molecule has 0 bridgehead atoms. The lowest BCUT2D eigenvalue weighted by molar-refractivity contribution is -0.115. The second-order valence-corrected chi connectivity index (χ2v) is 7.66. The van der Waals surface area contributed by atoms with Crippen LogP contribution in [0.3, 0.4) is 0 Å². The molecule has 0 spiro atoms. The van der Waals surface area contributed by atoms with Crippen LogP contribution in [0.1, 0.15) is 12.5 Å². The molecule has 0 aromatic heterocycles. The van der Waals surface area contributed by atoms with E-state index in [0.717, 1.165) is 22.8 Å². The summed E-state index contributed by atoms with van der Waals surface area (Å²) in [6.07, 6.45) is 0.777. The minimum Gasteiger partial charge on any atom is -0.325 e. The van der Waals surface area contributed by atoms with Crippen molar-refractivity contribution in [2.45, 2.75) is 18.2 Å². The fraction of sp³-hybridized carbons (Fsp3) is 0.150. The number of anilines is 1. The van der Waals surface area contributed by atoms with Gasteiger partial charge in [-0.1, -0.05) is 55.5 Å². The van der Waals surface area contributed by atoms with Gasteiger partial charge >= 0.3 is 0 Å². The predicted molar refractivity (Wildman–Crippen MR) is 104 cm³/mol. The lowest BCUT2D eigenvalue weighted by Crippen LogP contribution is -2.33. The maximum atomic E-state index is 12.5. The first kappa shape index (κ1) is 18.1. The van der Waals surface area contributed by atoms with Gasteiger partial charge in [0.15, 0.2) is 0 Å². The Morgan fingerprint density at radius 2 is 1.62 bits per heavy atom. The van der Waals surface area contributed by atoms with E-state index in [1.165, 1.54) is 6.07 Å². The molecule has 0 saturated heterocycles. The van der Waals surface area contributed by atoms with Crippen LogP contribution >= 0.6 is 0 Å². The molecule has 0 radical (unpaired) electrons. The fourth-order valence-electron chi connectivity index (χ4n) is 2.72. The number of nitrogens with one attached hydrogen (secondary N) is 2. The number of carbonyl (C=O) groups excluding carboxylic acids is 1. The molecule has 0 fully saturated rings. The van der Waals surface area contributed by atoms with Gasteiger partial charge in [-0.15, -0.1) is 0 Å². The summed E-state index contributed by atoms with van der Waals surface area (Å²) in [5, 5.41) is 4.54. The second-order valence-electron chi connectivity index (χ2n) is 5.89. The lowest BCUT2D eigenvalue weighted by Gasteiger charge is -2.11. The van der Waals surface area contributed by atoms with Gasteiger partial charge in [0.2, 0.25) is 15.9 Å². The summed E-state index contributed by atoms with van der Waals surface area (Å²) >= 11 is 0. The fourth-order valence-corrected chi connectivity index (χ4v) is 3.74. The zero-order valence-corrected chi connectivity index (χ0v) is 15.2. The summed E-state index contributed by atoms with van der Waals surface area (Å²) in [6, 6.07) is 19.9. The van der Waals surface area contributed by atoms with E-state index in [0.29, 0.717) is 5.69 Å². The van der Waals surface area contributed by atoms with Gasteiger partial charge in [0.25, 0.3) is 0 Å². The minimum atomic E-state index is -3.77. The molecule has 3 aromatic carbocycles. The molecular formula is C20H20N2O3S. The zero-order chi connectivity index (χ0) is 18.6. The van der Waals surface area contributed by atoms with Gasteiger partial charge in [0.05, 0.1) is 11.4 Å². The van der Waals surface area contributed by atoms with Crippen LogP contribution in [-0.2, 0) is 21.2 Å². The van der Waals surface area contributed by atoms with E-state index in [4.69, 9.17) is 0 Å². The van der Waals surface area contributed by atoms with Gasteiger partial charge in [0.1, 0.15) is 0 Å². The summed E-state index contributed by atoms with van der Waals surface area (Å²) in [5.41, 5.74) is 1.70. The maximum Gasteiger partial charge on any atom is 0.241 e. The van der Waals surface area contributed by atoms with Crippen LogP contribution in [0.4, 0.5) is 5.69 Å². The first-order chi connectivity index (χ1) is 12.5. The molecule has 134 valence electrons. The normalized spacial score (nSPS) is 11.4. The number of benzene rings is 3. The standard InChI is InChI=1S/C20H20N2O3S/c1-2-15-7-5-6-10-19(15)22-20(23)14-21-26(24,25)18-12-11-16-8-3-4-9-17(16)13-18/h3-13,21H,2,14H2,1H3,(H,22,23). The van der Waals surface area contributed by atoms with Crippen molar-refractivity contribution in [1.82, 2.24) is 4.72 Å². The van der Waals surface area contributed by atoms with Crippen molar-refractivity contribution < 1.29 is 13.2 Å². The number of fused-ring (bicyclic) bond motifs is 1. The third-order valence-corrected chi connectivity index (χ3v) is 5.53. The van der Waals surface area contributed by atoms with Gasteiger partial charge in [-0.3, -0.25) is 4.79 Å². The number of carbonyl (C=O) groups is 1. The van der Waals surface area contributed by atoms with E-state index in [9.17, 15) is 13.2 Å². The first-order valence-corrected chi connectivity index (χ1v) is 9.84. The Morgan fingerprint density at radius 3 is 2.38 bits per heavy atom. The Kier molecular flexibility index (Phi) is 5.35.